The number of hydrogen-bond donors (Lipinski definition) is 4. The number of aryl methyl sites for hydroxylation is 3. The van der Waals surface area contributed by atoms with Gasteiger partial charge in [0.05, 0.1) is 5.56 Å². The topological polar surface area (TPSA) is 162 Å². The first-order chi connectivity index (χ1) is 26.9. The second-order valence-corrected chi connectivity index (χ2v) is 13.0. The molecule has 0 aromatic heterocycles. The van der Waals surface area contributed by atoms with Crippen LogP contribution in [0.4, 0.5) is 17.1 Å². The third kappa shape index (κ3) is 10.4. The van der Waals surface area contributed by atoms with E-state index in [2.05, 4.69) is 20.8 Å². The number of hydrogen-bond acceptors (Lipinski definition) is 9. The summed E-state index contributed by atoms with van der Waals surface area (Å²) in [5.41, 5.74) is 5.05. The van der Waals surface area contributed by atoms with Crippen LogP contribution in [0.25, 0.3) is 0 Å². The fraction of sp³-hybridized carbons (Fsp3) is 0.0909. The SMILES string of the molecule is CC(=O)Nc1ccc(Oc2cc(C)cc(C(=O)Nc3ccc(Oc4cc(C)cc(C(=O)Nc5ccc(Oc6cc(C)cc(C(=O)OO)c6)cc5)c4)cc3)c2)cc1. The summed E-state index contributed by atoms with van der Waals surface area (Å²) in [4.78, 5) is 53.3. The first kappa shape index (κ1) is 38.3. The van der Waals surface area contributed by atoms with Gasteiger partial charge < -0.3 is 30.2 Å². The van der Waals surface area contributed by atoms with Crippen molar-refractivity contribution in [2.45, 2.75) is 27.7 Å². The highest BCUT2D eigenvalue weighted by molar-refractivity contribution is 6.05. The Kier molecular flexibility index (Phi) is 11.7. The molecule has 6 aromatic carbocycles. The smallest absolute Gasteiger partial charge is 0.372 e. The molecule has 0 aliphatic carbocycles. The molecule has 6 aromatic rings. The van der Waals surface area contributed by atoms with E-state index in [0.717, 1.165) is 16.7 Å². The lowest BCUT2D eigenvalue weighted by atomic mass is 10.1. The molecule has 12 heteroatoms. The van der Waals surface area contributed by atoms with E-state index in [0.29, 0.717) is 62.7 Å². The molecule has 0 atom stereocenters. The zero-order valence-corrected chi connectivity index (χ0v) is 30.8. The van der Waals surface area contributed by atoms with E-state index in [4.69, 9.17) is 19.5 Å². The van der Waals surface area contributed by atoms with Crippen LogP contribution < -0.4 is 30.2 Å². The average Bonchev–Trinajstić information content (AvgIpc) is 3.16. The van der Waals surface area contributed by atoms with Gasteiger partial charge in [-0.3, -0.25) is 19.3 Å². The van der Waals surface area contributed by atoms with Crippen molar-refractivity contribution in [3.8, 4) is 34.5 Å². The molecule has 282 valence electrons. The third-order valence-electron chi connectivity index (χ3n) is 8.10. The number of nitrogens with one attached hydrogen (secondary N) is 3. The Morgan fingerprint density at radius 3 is 1.09 bits per heavy atom. The molecule has 0 aliphatic heterocycles. The molecule has 0 unspecified atom stereocenters. The van der Waals surface area contributed by atoms with Crippen LogP contribution >= 0.6 is 0 Å². The quantitative estimate of drug-likeness (QED) is 0.0704. The predicted molar refractivity (Wildman–Crippen MR) is 211 cm³/mol. The molecule has 0 aliphatic rings. The fourth-order valence-electron chi connectivity index (χ4n) is 5.69. The molecule has 0 heterocycles. The minimum absolute atomic E-state index is 0.139. The van der Waals surface area contributed by atoms with Crippen LogP contribution in [-0.2, 0) is 9.68 Å². The molecule has 0 radical (unpaired) electrons. The fourth-order valence-corrected chi connectivity index (χ4v) is 5.69. The van der Waals surface area contributed by atoms with Crippen LogP contribution in [0.2, 0.25) is 0 Å². The standard InChI is InChI=1S/C44H37N3O9/c1-26-17-30(23-39(20-26)53-36-11-5-33(6-12-36)45-29(4)48)42(49)46-34-7-13-37(14-8-34)54-40-21-27(2)18-31(24-40)43(50)47-35-9-15-38(16-10-35)55-41-22-28(3)19-32(25-41)44(51)56-52/h5-25,52H,1-4H3,(H,45,48)(H,46,49)(H,47,50). The zero-order chi connectivity index (χ0) is 39.8. The number of carbonyl (C=O) groups is 4. The second-order valence-electron chi connectivity index (χ2n) is 13.0. The van der Waals surface area contributed by atoms with Gasteiger partial charge in [0.2, 0.25) is 5.91 Å². The number of carbonyl (C=O) groups excluding carboxylic acids is 4. The maximum Gasteiger partial charge on any atom is 0.372 e. The normalized spacial score (nSPS) is 10.5. The lowest BCUT2D eigenvalue weighted by Crippen LogP contribution is -2.12. The minimum Gasteiger partial charge on any atom is -0.457 e. The van der Waals surface area contributed by atoms with Gasteiger partial charge in [-0.2, -0.15) is 5.26 Å². The molecular weight excluding hydrogens is 714 g/mol. The molecule has 0 saturated carbocycles. The van der Waals surface area contributed by atoms with Crippen molar-refractivity contribution in [3.63, 3.8) is 0 Å². The summed E-state index contributed by atoms with van der Waals surface area (Å²) in [7, 11) is 0. The first-order valence-corrected chi connectivity index (χ1v) is 17.3. The maximum atomic E-state index is 13.2. The van der Waals surface area contributed by atoms with Crippen molar-refractivity contribution in [3.05, 3.63) is 161 Å². The van der Waals surface area contributed by atoms with E-state index in [1.165, 1.54) is 13.0 Å². The van der Waals surface area contributed by atoms with Crippen LogP contribution in [0, 0.1) is 20.8 Å². The molecule has 0 spiro atoms. The molecule has 0 fully saturated rings. The van der Waals surface area contributed by atoms with Crippen LogP contribution in [0.5, 0.6) is 34.5 Å². The minimum atomic E-state index is -0.896. The van der Waals surface area contributed by atoms with E-state index in [1.807, 2.05) is 26.0 Å². The Balaban J connectivity index is 1.05. The Morgan fingerprint density at radius 2 is 0.750 bits per heavy atom. The van der Waals surface area contributed by atoms with Crippen LogP contribution in [0.1, 0.15) is 54.7 Å². The van der Waals surface area contributed by atoms with Gasteiger partial charge in [-0.05, 0) is 165 Å². The summed E-state index contributed by atoms with van der Waals surface area (Å²) in [6.45, 7) is 6.95. The number of ether oxygens (including phenoxy) is 3. The van der Waals surface area contributed by atoms with Crippen LogP contribution in [0.15, 0.2) is 127 Å². The van der Waals surface area contributed by atoms with Crippen LogP contribution in [0.3, 0.4) is 0 Å². The number of amides is 3. The second kappa shape index (κ2) is 17.1. The van der Waals surface area contributed by atoms with E-state index >= 15 is 0 Å². The lowest BCUT2D eigenvalue weighted by molar-refractivity contribution is -0.182. The molecule has 6 rings (SSSR count). The van der Waals surface area contributed by atoms with Gasteiger partial charge in [-0.15, -0.1) is 0 Å². The Morgan fingerprint density at radius 1 is 0.429 bits per heavy atom. The zero-order valence-electron chi connectivity index (χ0n) is 30.8. The number of anilines is 3. The highest BCUT2D eigenvalue weighted by atomic mass is 17.1. The molecule has 3 amide bonds. The van der Waals surface area contributed by atoms with Crippen molar-refractivity contribution in [1.29, 1.82) is 0 Å². The van der Waals surface area contributed by atoms with Gasteiger partial charge in [0.15, 0.2) is 0 Å². The van der Waals surface area contributed by atoms with Gasteiger partial charge in [-0.1, -0.05) is 0 Å². The van der Waals surface area contributed by atoms with Gasteiger partial charge >= 0.3 is 5.97 Å². The van der Waals surface area contributed by atoms with Crippen molar-refractivity contribution in [1.82, 2.24) is 0 Å². The lowest BCUT2D eigenvalue weighted by Gasteiger charge is -2.12. The van der Waals surface area contributed by atoms with E-state index in [1.54, 1.807) is 116 Å². The summed E-state index contributed by atoms with van der Waals surface area (Å²) in [6.07, 6.45) is 0. The Labute approximate surface area is 322 Å². The summed E-state index contributed by atoms with van der Waals surface area (Å²) >= 11 is 0. The molecule has 0 saturated heterocycles. The molecule has 4 N–H and O–H groups in total. The monoisotopic (exact) mass is 751 g/mol. The van der Waals surface area contributed by atoms with Crippen molar-refractivity contribution in [2.24, 2.45) is 0 Å². The molecular formula is C44H37N3O9. The maximum absolute atomic E-state index is 13.2. The average molecular weight is 752 g/mol. The van der Waals surface area contributed by atoms with Gasteiger partial charge in [0.1, 0.15) is 34.5 Å². The van der Waals surface area contributed by atoms with Crippen molar-refractivity contribution < 1.29 is 43.5 Å². The van der Waals surface area contributed by atoms with Gasteiger partial charge in [-0.25, -0.2) is 4.79 Å². The Hall–Kier alpha value is -7.44. The van der Waals surface area contributed by atoms with E-state index < -0.39 is 5.97 Å². The molecule has 56 heavy (non-hydrogen) atoms. The summed E-state index contributed by atoms with van der Waals surface area (Å²) < 4.78 is 17.9. The van der Waals surface area contributed by atoms with Crippen molar-refractivity contribution >= 4 is 40.8 Å². The first-order valence-electron chi connectivity index (χ1n) is 17.3. The van der Waals surface area contributed by atoms with Crippen molar-refractivity contribution in [2.75, 3.05) is 16.0 Å². The number of benzene rings is 6. The van der Waals surface area contributed by atoms with Gasteiger partial charge in [0, 0.05) is 35.1 Å². The summed E-state index contributed by atoms with van der Waals surface area (Å²) in [5.74, 6) is 1.11. The van der Waals surface area contributed by atoms with Crippen LogP contribution in [-0.4, -0.2) is 28.9 Å². The largest absolute Gasteiger partial charge is 0.457 e. The third-order valence-corrected chi connectivity index (χ3v) is 8.10. The molecule has 0 bridgehead atoms. The van der Waals surface area contributed by atoms with E-state index in [9.17, 15) is 19.2 Å². The Bertz CT molecular complexity index is 2410. The summed E-state index contributed by atoms with van der Waals surface area (Å²) in [6, 6.07) is 35.7. The number of rotatable bonds is 12. The molecule has 12 nitrogen and oxygen atoms in total. The summed E-state index contributed by atoms with van der Waals surface area (Å²) in [5, 5.41) is 17.2. The predicted octanol–water partition coefficient (Wildman–Crippen LogP) is 10.1. The highest BCUT2D eigenvalue weighted by Crippen LogP contribution is 2.29. The highest BCUT2D eigenvalue weighted by Gasteiger charge is 2.14. The van der Waals surface area contributed by atoms with Gasteiger partial charge in [0.25, 0.3) is 11.8 Å². The van der Waals surface area contributed by atoms with E-state index in [-0.39, 0.29) is 23.3 Å².